The van der Waals surface area contributed by atoms with E-state index in [1.165, 1.54) is 11.0 Å². The van der Waals surface area contributed by atoms with Crippen LogP contribution in [-0.2, 0) is 0 Å². The highest BCUT2D eigenvalue weighted by Gasteiger charge is 2.13. The molecule has 0 bridgehead atoms. The van der Waals surface area contributed by atoms with Gasteiger partial charge in [-0.3, -0.25) is 0 Å². The molecule has 7 heteroatoms. The zero-order valence-electron chi connectivity index (χ0n) is 15.6. The highest BCUT2D eigenvalue weighted by Crippen LogP contribution is 2.22. The number of hydrogen-bond acceptors (Lipinski definition) is 5. The summed E-state index contributed by atoms with van der Waals surface area (Å²) in [5.74, 6) is -0.191. The van der Waals surface area contributed by atoms with Crippen molar-refractivity contribution in [2.24, 2.45) is 0 Å². The molecule has 0 fully saturated rings. The number of ether oxygens (including phenoxy) is 2. The number of nitrogens with one attached hydrogen (secondary N) is 1. The van der Waals surface area contributed by atoms with Gasteiger partial charge in [0.2, 0.25) is 0 Å². The molecule has 0 saturated carbocycles. The first-order valence-electron chi connectivity index (χ1n) is 8.54. The second kappa shape index (κ2) is 9.59. The molecule has 2 aromatic rings. The number of para-hydroxylation sites is 1. The molecule has 0 heterocycles. The molecule has 0 spiro atoms. The van der Waals surface area contributed by atoms with Gasteiger partial charge in [-0.25, -0.2) is 9.59 Å². The van der Waals surface area contributed by atoms with Crippen molar-refractivity contribution in [3.8, 4) is 11.5 Å². The first-order chi connectivity index (χ1) is 12.9. The summed E-state index contributed by atoms with van der Waals surface area (Å²) in [5.41, 5.74) is 1.16. The number of aromatic carboxylic acids is 1. The monoisotopic (exact) mass is 372 g/mol. The summed E-state index contributed by atoms with van der Waals surface area (Å²) in [6.07, 6.45) is 0.208. The summed E-state index contributed by atoms with van der Waals surface area (Å²) in [5, 5.41) is 12.4. The molecule has 1 unspecified atom stereocenters. The average molecular weight is 372 g/mol. The minimum Gasteiger partial charge on any atom is -0.493 e. The molecule has 0 radical (unpaired) electrons. The van der Waals surface area contributed by atoms with Crippen molar-refractivity contribution < 1.29 is 24.2 Å². The van der Waals surface area contributed by atoms with Crippen LogP contribution in [0, 0.1) is 0 Å². The smallest absolute Gasteiger partial charge is 0.414 e. The van der Waals surface area contributed by atoms with Gasteiger partial charge in [-0.15, -0.1) is 0 Å². The third kappa shape index (κ3) is 5.72. The lowest BCUT2D eigenvalue weighted by Gasteiger charge is -2.18. The summed E-state index contributed by atoms with van der Waals surface area (Å²) in [7, 11) is 5.09. The van der Waals surface area contributed by atoms with Gasteiger partial charge in [0.1, 0.15) is 17.1 Å². The van der Waals surface area contributed by atoms with E-state index in [-0.39, 0.29) is 11.6 Å². The second-order valence-electron chi connectivity index (χ2n) is 6.11. The molecule has 2 N–H and O–H groups in total. The predicted octanol–water partition coefficient (Wildman–Crippen LogP) is 3.17. The van der Waals surface area contributed by atoms with Crippen LogP contribution in [0.3, 0.4) is 0 Å². The number of carboxylic acids is 1. The van der Waals surface area contributed by atoms with Crippen LogP contribution in [0.1, 0.15) is 28.4 Å². The van der Waals surface area contributed by atoms with Crippen LogP contribution in [0.25, 0.3) is 0 Å². The molecule has 7 nitrogen and oxygen atoms in total. The Balaban J connectivity index is 1.95. The lowest BCUT2D eigenvalue weighted by molar-refractivity contribution is 0.0692. The minimum absolute atomic E-state index is 0.0144. The fourth-order valence-electron chi connectivity index (χ4n) is 2.49. The van der Waals surface area contributed by atoms with Crippen molar-refractivity contribution in [3.05, 3.63) is 59.7 Å². The highest BCUT2D eigenvalue weighted by atomic mass is 16.6. The Kier molecular flexibility index (Phi) is 7.19. The van der Waals surface area contributed by atoms with E-state index in [4.69, 9.17) is 9.47 Å². The number of benzene rings is 2. The Bertz CT molecular complexity index is 774. The van der Waals surface area contributed by atoms with Crippen LogP contribution in [0.2, 0.25) is 0 Å². The third-order valence-electron chi connectivity index (χ3n) is 3.98. The van der Waals surface area contributed by atoms with Gasteiger partial charge < -0.3 is 24.8 Å². The largest absolute Gasteiger partial charge is 0.493 e. The number of carboxylic acid groups (broad SMARTS) is 1. The Hall–Kier alpha value is -3.06. The molecular formula is C20H24N2O5. The second-order valence-corrected chi connectivity index (χ2v) is 6.11. The molecule has 1 atom stereocenters. The van der Waals surface area contributed by atoms with Gasteiger partial charge in [-0.1, -0.05) is 24.3 Å². The van der Waals surface area contributed by atoms with E-state index in [1.807, 2.05) is 19.2 Å². The van der Waals surface area contributed by atoms with E-state index in [0.717, 1.165) is 5.56 Å². The first-order valence-corrected chi connectivity index (χ1v) is 8.54. The van der Waals surface area contributed by atoms with Gasteiger partial charge in [0, 0.05) is 26.6 Å². The molecule has 0 aliphatic rings. The van der Waals surface area contributed by atoms with Crippen LogP contribution in [0.15, 0.2) is 48.5 Å². The maximum Gasteiger partial charge on any atom is 0.414 e. The minimum atomic E-state index is -1.02. The van der Waals surface area contributed by atoms with Gasteiger partial charge in [-0.2, -0.15) is 0 Å². The maximum absolute atomic E-state index is 11.6. The lowest BCUT2D eigenvalue weighted by atomic mass is 10.0. The Morgan fingerprint density at radius 1 is 1.11 bits per heavy atom. The van der Waals surface area contributed by atoms with E-state index < -0.39 is 12.1 Å². The number of carbonyl (C=O) groups excluding carboxylic acids is 1. The molecule has 144 valence electrons. The third-order valence-corrected chi connectivity index (χ3v) is 3.98. The fraction of sp³-hybridized carbons (Fsp3) is 0.300. The molecule has 27 heavy (non-hydrogen) atoms. The number of amides is 1. The summed E-state index contributed by atoms with van der Waals surface area (Å²) in [4.78, 5) is 24.1. The van der Waals surface area contributed by atoms with Gasteiger partial charge in [0.05, 0.1) is 6.61 Å². The molecular weight excluding hydrogens is 348 g/mol. The molecule has 0 aliphatic carbocycles. The zero-order chi connectivity index (χ0) is 19.8. The van der Waals surface area contributed by atoms with Crippen LogP contribution in [-0.4, -0.2) is 49.8 Å². The van der Waals surface area contributed by atoms with E-state index in [0.29, 0.717) is 24.5 Å². The van der Waals surface area contributed by atoms with E-state index in [9.17, 15) is 14.7 Å². The highest BCUT2D eigenvalue weighted by molar-refractivity contribution is 5.90. The van der Waals surface area contributed by atoms with Crippen LogP contribution >= 0.6 is 0 Å². The van der Waals surface area contributed by atoms with Gasteiger partial charge >= 0.3 is 12.1 Å². The van der Waals surface area contributed by atoms with Crippen molar-refractivity contribution in [3.63, 3.8) is 0 Å². The molecule has 0 aliphatic heterocycles. The SMILES string of the molecule is CNC(CCOc1ccccc1C(=O)O)c1ccc(OC(=O)N(C)C)cc1. The predicted molar refractivity (Wildman–Crippen MR) is 101 cm³/mol. The lowest BCUT2D eigenvalue weighted by Crippen LogP contribution is -2.25. The molecule has 2 rings (SSSR count). The standard InChI is InChI=1S/C20H24N2O5/c1-21-17(12-13-26-18-7-5-4-6-16(18)19(23)24)14-8-10-15(11-9-14)27-20(25)22(2)3/h4-11,17,21H,12-13H2,1-3H3,(H,23,24). The normalized spacial score (nSPS) is 11.5. The summed E-state index contributed by atoms with van der Waals surface area (Å²) < 4.78 is 10.9. The summed E-state index contributed by atoms with van der Waals surface area (Å²) in [6, 6.07) is 13.8. The van der Waals surface area contributed by atoms with Crippen molar-refractivity contribution in [1.29, 1.82) is 0 Å². The van der Waals surface area contributed by atoms with Gasteiger partial charge in [0.25, 0.3) is 0 Å². The zero-order valence-corrected chi connectivity index (χ0v) is 15.6. The Morgan fingerprint density at radius 2 is 1.78 bits per heavy atom. The number of carbonyl (C=O) groups is 2. The van der Waals surface area contributed by atoms with Crippen LogP contribution in [0.5, 0.6) is 11.5 Å². The summed E-state index contributed by atoms with van der Waals surface area (Å²) >= 11 is 0. The number of rotatable bonds is 8. The van der Waals surface area contributed by atoms with Gasteiger partial charge in [0.15, 0.2) is 0 Å². The summed E-state index contributed by atoms with van der Waals surface area (Å²) in [6.45, 7) is 0.354. The molecule has 2 aromatic carbocycles. The van der Waals surface area contributed by atoms with Crippen molar-refractivity contribution in [2.45, 2.75) is 12.5 Å². The maximum atomic E-state index is 11.6. The van der Waals surface area contributed by atoms with Gasteiger partial charge in [-0.05, 0) is 36.9 Å². The van der Waals surface area contributed by atoms with E-state index in [2.05, 4.69) is 5.32 Å². The molecule has 1 amide bonds. The Morgan fingerprint density at radius 3 is 2.37 bits per heavy atom. The number of nitrogens with zero attached hydrogens (tertiary/aromatic N) is 1. The quantitative estimate of drug-likeness (QED) is 0.740. The van der Waals surface area contributed by atoms with Crippen LogP contribution in [0.4, 0.5) is 4.79 Å². The van der Waals surface area contributed by atoms with Crippen molar-refractivity contribution >= 4 is 12.1 Å². The fourth-order valence-corrected chi connectivity index (χ4v) is 2.49. The average Bonchev–Trinajstić information content (AvgIpc) is 2.66. The topological polar surface area (TPSA) is 88.1 Å². The van der Waals surface area contributed by atoms with E-state index in [1.54, 1.807) is 44.4 Å². The van der Waals surface area contributed by atoms with Crippen molar-refractivity contribution in [1.82, 2.24) is 10.2 Å². The number of hydrogen-bond donors (Lipinski definition) is 2. The molecule has 0 saturated heterocycles. The van der Waals surface area contributed by atoms with Crippen molar-refractivity contribution in [2.75, 3.05) is 27.7 Å². The van der Waals surface area contributed by atoms with E-state index >= 15 is 0 Å². The first kappa shape index (κ1) is 20.3. The molecule has 0 aromatic heterocycles. The Labute approximate surface area is 158 Å². The van der Waals surface area contributed by atoms with Crippen LogP contribution < -0.4 is 14.8 Å².